The molecule has 0 radical (unpaired) electrons. The van der Waals surface area contributed by atoms with Crippen molar-refractivity contribution >= 4 is 23.4 Å². The third kappa shape index (κ3) is 4.52. The molecule has 0 fully saturated rings. The number of amides is 1. The summed E-state index contributed by atoms with van der Waals surface area (Å²) in [6, 6.07) is 13.9. The maximum atomic E-state index is 12.1. The molecule has 1 unspecified atom stereocenters. The van der Waals surface area contributed by atoms with Gasteiger partial charge in [0.05, 0.1) is 4.92 Å². The fourth-order valence-electron chi connectivity index (χ4n) is 2.35. The fraction of sp³-hybridized carbons (Fsp3) is 0.211. The first-order valence-electron chi connectivity index (χ1n) is 7.83. The monoisotopic (exact) mass is 324 g/mol. The van der Waals surface area contributed by atoms with Crippen molar-refractivity contribution in [2.75, 3.05) is 5.32 Å². The van der Waals surface area contributed by atoms with Gasteiger partial charge in [-0.1, -0.05) is 44.2 Å². The van der Waals surface area contributed by atoms with Crippen molar-refractivity contribution in [1.29, 1.82) is 0 Å². The SMILES string of the molecule is CCC(C)c1ccccc1NC(=O)C=Cc1cccc([N+](=O)[O-])c1. The minimum absolute atomic E-state index is 0.000302. The first-order valence-corrected chi connectivity index (χ1v) is 7.83. The number of anilines is 1. The van der Waals surface area contributed by atoms with Crippen LogP contribution in [0.5, 0.6) is 0 Å². The molecule has 2 aromatic carbocycles. The summed E-state index contributed by atoms with van der Waals surface area (Å²) in [5, 5.41) is 13.6. The zero-order chi connectivity index (χ0) is 17.5. The third-order valence-electron chi connectivity index (χ3n) is 3.87. The van der Waals surface area contributed by atoms with Crippen LogP contribution in [0.25, 0.3) is 6.08 Å². The predicted octanol–water partition coefficient (Wildman–Crippen LogP) is 4.76. The van der Waals surface area contributed by atoms with Crippen LogP contribution in [0.1, 0.15) is 37.3 Å². The minimum Gasteiger partial charge on any atom is -0.322 e. The Bertz CT molecular complexity index is 769. The minimum atomic E-state index is -0.459. The molecule has 0 bridgehead atoms. The molecule has 0 spiro atoms. The summed E-state index contributed by atoms with van der Waals surface area (Å²) in [4.78, 5) is 22.4. The Kier molecular flexibility index (Phi) is 5.84. The van der Waals surface area contributed by atoms with Gasteiger partial charge in [-0.05, 0) is 35.6 Å². The first kappa shape index (κ1) is 17.4. The Morgan fingerprint density at radius 3 is 2.71 bits per heavy atom. The lowest BCUT2D eigenvalue weighted by Crippen LogP contribution is -2.10. The van der Waals surface area contributed by atoms with Gasteiger partial charge in [-0.15, -0.1) is 0 Å². The van der Waals surface area contributed by atoms with Crippen molar-refractivity contribution in [3.05, 3.63) is 75.8 Å². The highest BCUT2D eigenvalue weighted by atomic mass is 16.6. The number of hydrogen-bond donors (Lipinski definition) is 1. The molecule has 1 amide bonds. The van der Waals surface area contributed by atoms with E-state index < -0.39 is 4.92 Å². The summed E-state index contributed by atoms with van der Waals surface area (Å²) < 4.78 is 0. The first-order chi connectivity index (χ1) is 11.5. The van der Waals surface area contributed by atoms with E-state index in [-0.39, 0.29) is 11.6 Å². The van der Waals surface area contributed by atoms with E-state index >= 15 is 0 Å². The van der Waals surface area contributed by atoms with Crippen molar-refractivity contribution in [2.45, 2.75) is 26.2 Å². The Balaban J connectivity index is 2.11. The van der Waals surface area contributed by atoms with Gasteiger partial charge in [0.25, 0.3) is 5.69 Å². The van der Waals surface area contributed by atoms with E-state index in [4.69, 9.17) is 0 Å². The second kappa shape index (κ2) is 8.06. The highest BCUT2D eigenvalue weighted by molar-refractivity contribution is 6.02. The smallest absolute Gasteiger partial charge is 0.270 e. The summed E-state index contributed by atoms with van der Waals surface area (Å²) >= 11 is 0. The lowest BCUT2D eigenvalue weighted by atomic mass is 9.97. The molecule has 1 atom stereocenters. The normalized spacial score (nSPS) is 12.1. The van der Waals surface area contributed by atoms with E-state index in [0.29, 0.717) is 11.5 Å². The number of nitro benzene ring substituents is 1. The zero-order valence-corrected chi connectivity index (χ0v) is 13.7. The molecule has 0 saturated carbocycles. The number of hydrogen-bond acceptors (Lipinski definition) is 3. The van der Waals surface area contributed by atoms with Gasteiger partial charge in [-0.25, -0.2) is 0 Å². The lowest BCUT2D eigenvalue weighted by Gasteiger charge is -2.14. The highest BCUT2D eigenvalue weighted by Gasteiger charge is 2.10. The largest absolute Gasteiger partial charge is 0.322 e. The van der Waals surface area contributed by atoms with Crippen molar-refractivity contribution in [3.8, 4) is 0 Å². The predicted molar refractivity (Wildman–Crippen MR) is 95.9 cm³/mol. The second-order valence-corrected chi connectivity index (χ2v) is 5.57. The molecule has 1 N–H and O–H groups in total. The molecule has 0 heterocycles. The number of nitro groups is 1. The summed E-state index contributed by atoms with van der Waals surface area (Å²) in [6.45, 7) is 4.22. The number of non-ortho nitro benzene ring substituents is 1. The molecule has 5 nitrogen and oxygen atoms in total. The molecule has 2 aromatic rings. The number of carbonyl (C=O) groups is 1. The van der Waals surface area contributed by atoms with E-state index in [0.717, 1.165) is 17.7 Å². The number of nitrogens with zero attached hydrogens (tertiary/aromatic N) is 1. The van der Waals surface area contributed by atoms with E-state index in [2.05, 4.69) is 19.2 Å². The molecule has 0 aliphatic carbocycles. The van der Waals surface area contributed by atoms with Gasteiger partial charge in [0.2, 0.25) is 5.91 Å². The van der Waals surface area contributed by atoms with Crippen LogP contribution in [0, 0.1) is 10.1 Å². The van der Waals surface area contributed by atoms with Crippen LogP contribution < -0.4 is 5.32 Å². The lowest BCUT2D eigenvalue weighted by molar-refractivity contribution is -0.384. The Morgan fingerprint density at radius 1 is 1.25 bits per heavy atom. The second-order valence-electron chi connectivity index (χ2n) is 5.57. The molecule has 24 heavy (non-hydrogen) atoms. The van der Waals surface area contributed by atoms with Crippen LogP contribution in [0.3, 0.4) is 0 Å². The maximum Gasteiger partial charge on any atom is 0.270 e. The standard InChI is InChI=1S/C19H20N2O3/c1-3-14(2)17-9-4-5-10-18(17)20-19(22)12-11-15-7-6-8-16(13-15)21(23)24/h4-14H,3H2,1-2H3,(H,20,22). The molecular weight excluding hydrogens is 304 g/mol. The van der Waals surface area contributed by atoms with Crippen molar-refractivity contribution in [2.24, 2.45) is 0 Å². The van der Waals surface area contributed by atoms with Gasteiger partial charge in [0, 0.05) is 23.9 Å². The third-order valence-corrected chi connectivity index (χ3v) is 3.87. The van der Waals surface area contributed by atoms with Gasteiger partial charge >= 0.3 is 0 Å². The number of benzene rings is 2. The van der Waals surface area contributed by atoms with Crippen LogP contribution in [0.2, 0.25) is 0 Å². The molecule has 5 heteroatoms. The summed E-state index contributed by atoms with van der Waals surface area (Å²) in [6.07, 6.45) is 3.93. The number of rotatable bonds is 6. The molecule has 0 aliphatic heterocycles. The summed E-state index contributed by atoms with van der Waals surface area (Å²) in [5.41, 5.74) is 2.49. The Labute approximate surface area is 141 Å². The van der Waals surface area contributed by atoms with Gasteiger partial charge in [0.1, 0.15) is 0 Å². The Morgan fingerprint density at radius 2 is 2.00 bits per heavy atom. The van der Waals surface area contributed by atoms with Crippen molar-refractivity contribution in [3.63, 3.8) is 0 Å². The maximum absolute atomic E-state index is 12.1. The quantitative estimate of drug-likeness (QED) is 0.473. The van der Waals surface area contributed by atoms with Crippen LogP contribution in [-0.4, -0.2) is 10.8 Å². The van der Waals surface area contributed by atoms with Crippen molar-refractivity contribution in [1.82, 2.24) is 0 Å². The van der Waals surface area contributed by atoms with Crippen LogP contribution >= 0.6 is 0 Å². The summed E-state index contributed by atoms with van der Waals surface area (Å²) in [5.74, 6) is 0.0829. The number of para-hydroxylation sites is 1. The zero-order valence-electron chi connectivity index (χ0n) is 13.7. The highest BCUT2D eigenvalue weighted by Crippen LogP contribution is 2.26. The molecule has 0 saturated heterocycles. The summed E-state index contributed by atoms with van der Waals surface area (Å²) in [7, 11) is 0. The molecule has 124 valence electrons. The van der Waals surface area contributed by atoms with Gasteiger partial charge in [-0.2, -0.15) is 0 Å². The van der Waals surface area contributed by atoms with Crippen LogP contribution in [-0.2, 0) is 4.79 Å². The molecular formula is C19H20N2O3. The molecule has 2 rings (SSSR count). The van der Waals surface area contributed by atoms with E-state index in [9.17, 15) is 14.9 Å². The van der Waals surface area contributed by atoms with E-state index in [1.165, 1.54) is 18.2 Å². The Hall–Kier alpha value is -2.95. The fourth-order valence-corrected chi connectivity index (χ4v) is 2.35. The topological polar surface area (TPSA) is 72.2 Å². The average Bonchev–Trinajstić information content (AvgIpc) is 2.60. The van der Waals surface area contributed by atoms with Crippen LogP contribution in [0.15, 0.2) is 54.6 Å². The van der Waals surface area contributed by atoms with Crippen molar-refractivity contribution < 1.29 is 9.72 Å². The number of carbonyl (C=O) groups excluding carboxylic acids is 1. The van der Waals surface area contributed by atoms with E-state index in [1.807, 2.05) is 24.3 Å². The van der Waals surface area contributed by atoms with Gasteiger partial charge < -0.3 is 5.32 Å². The van der Waals surface area contributed by atoms with Gasteiger partial charge in [-0.3, -0.25) is 14.9 Å². The van der Waals surface area contributed by atoms with Crippen LogP contribution in [0.4, 0.5) is 11.4 Å². The molecule has 0 aromatic heterocycles. The van der Waals surface area contributed by atoms with Gasteiger partial charge in [0.15, 0.2) is 0 Å². The average molecular weight is 324 g/mol. The number of nitrogens with one attached hydrogen (secondary N) is 1. The molecule has 0 aliphatic rings. The van der Waals surface area contributed by atoms with E-state index in [1.54, 1.807) is 18.2 Å².